The number of esters is 1. The minimum absolute atomic E-state index is 0. The smallest absolute Gasteiger partial charge is 0.726 e. The summed E-state index contributed by atoms with van der Waals surface area (Å²) < 4.78 is 99.2. The molecular weight excluding hydrogens is 1090 g/mol. The van der Waals surface area contributed by atoms with Crippen molar-refractivity contribution < 1.29 is 150 Å². The molecule has 15 unspecified atom stereocenters. The second-order valence-corrected chi connectivity index (χ2v) is 25.8. The number of ketones is 1. The maximum absolute atomic E-state index is 14.4. The number of carbonyl (C=O) groups is 2. The molecule has 9 aliphatic rings. The maximum atomic E-state index is 14.4. The molecule has 0 bridgehead atoms. The van der Waals surface area contributed by atoms with Gasteiger partial charge in [0.1, 0.15) is 96.8 Å². The van der Waals surface area contributed by atoms with Crippen LogP contribution >= 0.6 is 0 Å². The minimum atomic E-state index is -5.44. The first-order valence-corrected chi connectivity index (χ1v) is 28.8. The average molecular weight is 1170 g/mol. The normalized spacial score (nSPS) is 49.1. The van der Waals surface area contributed by atoms with Crippen LogP contribution in [-0.4, -0.2) is 227 Å². The van der Waals surface area contributed by atoms with E-state index in [4.69, 9.17) is 47.4 Å². The van der Waals surface area contributed by atoms with E-state index >= 15 is 0 Å². The number of Topliss-reactive ketones (excluding diaryl/α,β-unsaturated/α-hetero) is 1. The second kappa shape index (κ2) is 24.1. The van der Waals surface area contributed by atoms with Crippen LogP contribution in [0.2, 0.25) is 0 Å². The molecule has 4 aliphatic carbocycles. The van der Waals surface area contributed by atoms with Crippen LogP contribution in [0.15, 0.2) is 23.8 Å². The van der Waals surface area contributed by atoms with Crippen LogP contribution < -0.4 is 29.6 Å². The van der Waals surface area contributed by atoms with Gasteiger partial charge in [0.15, 0.2) is 25.2 Å². The van der Waals surface area contributed by atoms with Gasteiger partial charge in [-0.25, -0.2) is 8.42 Å². The first-order chi connectivity index (χ1) is 37.0. The van der Waals surface area contributed by atoms with E-state index < -0.39 is 181 Å². The maximum Gasteiger partial charge on any atom is 1.00 e. The molecule has 26 atom stereocenters. The largest absolute Gasteiger partial charge is 1.00 e. The van der Waals surface area contributed by atoms with Crippen LogP contribution in [0.4, 0.5) is 0 Å². The van der Waals surface area contributed by atoms with Crippen molar-refractivity contribution in [1.29, 1.82) is 0 Å². The molecule has 5 aliphatic heterocycles. The van der Waals surface area contributed by atoms with Crippen molar-refractivity contribution in [1.82, 2.24) is 0 Å². The molecule has 9 rings (SSSR count). The van der Waals surface area contributed by atoms with Gasteiger partial charge in [-0.05, 0) is 87.9 Å². The zero-order valence-electron chi connectivity index (χ0n) is 46.6. The minimum Gasteiger partial charge on any atom is -0.726 e. The van der Waals surface area contributed by atoms with E-state index in [1.54, 1.807) is 0 Å². The van der Waals surface area contributed by atoms with Crippen molar-refractivity contribution in [3.05, 3.63) is 23.8 Å². The molecule has 3 saturated carbocycles. The number of fused-ring (bicyclic) bond motifs is 4. The Bertz CT molecular complexity index is 2400. The number of aliphatic hydroxyl groups is 9. The molecule has 450 valence electrons. The van der Waals surface area contributed by atoms with Gasteiger partial charge in [-0.1, -0.05) is 44.9 Å². The van der Waals surface area contributed by atoms with E-state index in [0.29, 0.717) is 38.5 Å². The summed E-state index contributed by atoms with van der Waals surface area (Å²) in [5.41, 5.74) is -1.52. The Morgan fingerprint density at radius 2 is 1.39 bits per heavy atom. The zero-order chi connectivity index (χ0) is 57.7. The molecule has 0 aromatic heterocycles. The summed E-state index contributed by atoms with van der Waals surface area (Å²) in [5.74, 6) is -0.845. The topological polar surface area (TPSA) is 375 Å². The van der Waals surface area contributed by atoms with Crippen LogP contribution in [0.5, 0.6) is 0 Å². The molecule has 27 heteroatoms. The molecule has 9 N–H and O–H groups in total. The Hall–Kier alpha value is -1.23. The predicted octanol–water partition coefficient (Wildman–Crippen LogP) is -4.11. The Morgan fingerprint density at radius 3 is 2.04 bits per heavy atom. The Labute approximate surface area is 487 Å². The van der Waals surface area contributed by atoms with Gasteiger partial charge >= 0.3 is 35.5 Å². The van der Waals surface area contributed by atoms with Gasteiger partial charge in [0, 0.05) is 18.9 Å². The number of cyclic esters (lactones) is 1. The standard InChI is InChI=1S/C53H82O25S.Na/c1-23(2)10-9-15-52(7)43-26(56)18-51(6)25-11-12-31-49(3,4)32(14-16-50(31,5)24(25)13-17-53(43,51)48(64)77-52)73-47-42(34(59)30(22-70-47)78-79(65,66)67)76-45-36(61)35(60)40(29(20-55)72-45)75-44-37(62)39(27(57)21-69-44)74-46-38(63)41(68-8)33(58)28(19-54)71-46;/h11,24,27-47,54-55,57-63H,1,9-10,12-22H2,2-8H3,(H,65,66,67);/q;+1/p-1/t24?,27-,28?,29?,30-,31?,32?,33-,34?,35?,36?,37?,38?,39?,40-,41?,42?,43?,44+,45+,46+,47+,50-,51+,52+,53?;/m1./s1. The zero-order valence-corrected chi connectivity index (χ0v) is 49.5. The summed E-state index contributed by atoms with van der Waals surface area (Å²) in [7, 11) is -4.25. The molecule has 5 saturated heterocycles. The summed E-state index contributed by atoms with van der Waals surface area (Å²) >= 11 is 0. The van der Waals surface area contributed by atoms with Crippen LogP contribution in [0.1, 0.15) is 99.3 Å². The van der Waals surface area contributed by atoms with E-state index in [0.717, 1.165) is 24.0 Å². The van der Waals surface area contributed by atoms with Gasteiger partial charge in [-0.3, -0.25) is 13.8 Å². The first-order valence-electron chi connectivity index (χ1n) is 27.4. The molecule has 0 amide bonds. The van der Waals surface area contributed by atoms with E-state index in [-0.39, 0.29) is 65.0 Å². The van der Waals surface area contributed by atoms with Crippen molar-refractivity contribution in [3.8, 4) is 0 Å². The molecule has 5 heterocycles. The summed E-state index contributed by atoms with van der Waals surface area (Å²) in [4.78, 5) is 28.7. The van der Waals surface area contributed by atoms with Crippen molar-refractivity contribution in [2.45, 2.75) is 222 Å². The summed E-state index contributed by atoms with van der Waals surface area (Å²) in [5, 5.41) is 98.8. The summed E-state index contributed by atoms with van der Waals surface area (Å²) in [6.45, 7) is 13.5. The Kier molecular flexibility index (Phi) is 19.5. The van der Waals surface area contributed by atoms with Crippen molar-refractivity contribution >= 4 is 22.2 Å². The number of aliphatic hydroxyl groups excluding tert-OH is 9. The van der Waals surface area contributed by atoms with Gasteiger partial charge in [0.2, 0.25) is 10.4 Å². The van der Waals surface area contributed by atoms with Crippen molar-refractivity contribution in [3.63, 3.8) is 0 Å². The third-order valence-electron chi connectivity index (χ3n) is 19.7. The fourth-order valence-corrected chi connectivity index (χ4v) is 16.3. The van der Waals surface area contributed by atoms with Crippen LogP contribution in [-0.2, 0) is 71.5 Å². The number of hydrogen-bond acceptors (Lipinski definition) is 25. The number of rotatable bonds is 17. The van der Waals surface area contributed by atoms with Crippen LogP contribution in [0, 0.1) is 39.4 Å². The SMILES string of the molecule is C=C(C)CCC[C@]1(C)OC(=O)C23CCC4C(=CCC5C(C)(C)C(O[C@@H]6OC[C@@H](OS(=O)(=O)[O-])C(O)C6O[C@@H]6OC(CO)[C@@H](O[C@@H]7OC[C@@H](O)C(O[C@@H]8OC(CO)[C@@H](O)C(OC)C8O)C7O)C(O)C6O)CC[C@]45C)[C@]2(C)CC(=O)C31.[Na+]. The van der Waals surface area contributed by atoms with Crippen molar-refractivity contribution in [2.24, 2.45) is 39.4 Å². The summed E-state index contributed by atoms with van der Waals surface area (Å²) in [6, 6.07) is 0. The molecule has 0 aromatic carbocycles. The Morgan fingerprint density at radius 1 is 0.762 bits per heavy atom. The van der Waals surface area contributed by atoms with Crippen molar-refractivity contribution in [2.75, 3.05) is 33.5 Å². The molecular formula is C53H81NaO25S. The number of allylic oxidation sites excluding steroid dienone is 3. The number of carbonyl (C=O) groups excluding carboxylic acids is 2. The molecule has 80 heavy (non-hydrogen) atoms. The summed E-state index contributed by atoms with van der Waals surface area (Å²) in [6.07, 6.45) is -24.3. The van der Waals surface area contributed by atoms with E-state index in [9.17, 15) is 68.5 Å². The quantitative estimate of drug-likeness (QED) is 0.0220. The van der Waals surface area contributed by atoms with Gasteiger partial charge in [-0.15, -0.1) is 6.58 Å². The van der Waals surface area contributed by atoms with Gasteiger partial charge in [0.05, 0.1) is 43.9 Å². The first kappa shape index (κ1) is 64.8. The number of ether oxygens (including phenoxy) is 10. The fraction of sp³-hybridized carbons (Fsp3) is 0.887. The van der Waals surface area contributed by atoms with E-state index in [1.807, 2.05) is 13.8 Å². The number of hydrogen-bond donors (Lipinski definition) is 9. The molecule has 25 nitrogen and oxygen atoms in total. The fourth-order valence-electron chi connectivity index (χ4n) is 15.8. The molecule has 8 fully saturated rings. The van der Waals surface area contributed by atoms with Gasteiger partial charge in [-0.2, -0.15) is 0 Å². The van der Waals surface area contributed by atoms with Gasteiger partial charge in [0.25, 0.3) is 0 Å². The third kappa shape index (κ3) is 11.2. The van der Waals surface area contributed by atoms with Crippen LogP contribution in [0.25, 0.3) is 0 Å². The molecule has 1 spiro atoms. The second-order valence-electron chi connectivity index (χ2n) is 24.8. The van der Waals surface area contributed by atoms with Crippen LogP contribution in [0.3, 0.4) is 0 Å². The predicted molar refractivity (Wildman–Crippen MR) is 265 cm³/mol. The van der Waals surface area contributed by atoms with E-state index in [1.165, 1.54) is 7.11 Å². The average Bonchev–Trinajstić information content (AvgIpc) is 2.42. The number of methoxy groups -OCH3 is 1. The monoisotopic (exact) mass is 1170 g/mol. The van der Waals surface area contributed by atoms with Gasteiger partial charge < -0.3 is 97.9 Å². The van der Waals surface area contributed by atoms with E-state index in [2.05, 4.69) is 44.5 Å². The third-order valence-corrected chi connectivity index (χ3v) is 20.2. The Balaban J connectivity index is 0.00000841. The molecule has 0 aromatic rings. The molecule has 0 radical (unpaired) electrons.